The van der Waals surface area contributed by atoms with E-state index in [1.807, 2.05) is 6.92 Å². The maximum atomic E-state index is 11.2. The standard InChI is InChI=1S/C13H18N2O6/c1-3-7-21-11-6-4-5-9(12(11)15(18)19)14-10(8-20-2)13(16)17/h4-6,10,14H,3,7-8H2,1-2H3,(H,16,17). The minimum absolute atomic E-state index is 0.0815. The first-order valence-electron chi connectivity index (χ1n) is 6.39. The quantitative estimate of drug-likeness (QED) is 0.529. The number of para-hydroxylation sites is 1. The fourth-order valence-corrected chi connectivity index (χ4v) is 1.68. The Kier molecular flexibility index (Phi) is 6.41. The average Bonchev–Trinajstić information content (AvgIpc) is 2.44. The Bertz CT molecular complexity index is 505. The van der Waals surface area contributed by atoms with E-state index in [1.165, 1.54) is 19.2 Å². The third-order valence-corrected chi connectivity index (χ3v) is 2.60. The Morgan fingerprint density at radius 2 is 2.24 bits per heavy atom. The highest BCUT2D eigenvalue weighted by Gasteiger charge is 2.25. The van der Waals surface area contributed by atoms with E-state index in [0.717, 1.165) is 0 Å². The van der Waals surface area contributed by atoms with Gasteiger partial charge in [0.05, 0.1) is 18.1 Å². The summed E-state index contributed by atoms with van der Waals surface area (Å²) >= 11 is 0. The zero-order valence-electron chi connectivity index (χ0n) is 11.9. The van der Waals surface area contributed by atoms with Gasteiger partial charge in [-0.25, -0.2) is 4.79 Å². The van der Waals surface area contributed by atoms with Crippen LogP contribution in [0.3, 0.4) is 0 Å². The van der Waals surface area contributed by atoms with Gasteiger partial charge in [0, 0.05) is 7.11 Å². The molecule has 0 heterocycles. The number of benzene rings is 1. The van der Waals surface area contributed by atoms with E-state index in [0.29, 0.717) is 13.0 Å². The number of hydrogen-bond donors (Lipinski definition) is 2. The number of methoxy groups -OCH3 is 1. The second-order valence-corrected chi connectivity index (χ2v) is 4.25. The molecule has 2 N–H and O–H groups in total. The molecule has 1 aromatic carbocycles. The molecule has 0 saturated carbocycles. The first kappa shape index (κ1) is 16.7. The van der Waals surface area contributed by atoms with Crippen LogP contribution in [0.4, 0.5) is 11.4 Å². The lowest BCUT2D eigenvalue weighted by atomic mass is 10.2. The number of anilines is 1. The molecule has 8 heteroatoms. The second-order valence-electron chi connectivity index (χ2n) is 4.25. The Hall–Kier alpha value is -2.35. The summed E-state index contributed by atoms with van der Waals surface area (Å²) in [5, 5.41) is 22.9. The van der Waals surface area contributed by atoms with E-state index in [-0.39, 0.29) is 23.7 Å². The van der Waals surface area contributed by atoms with Gasteiger partial charge in [0.1, 0.15) is 11.7 Å². The van der Waals surface area contributed by atoms with E-state index in [1.54, 1.807) is 6.07 Å². The van der Waals surface area contributed by atoms with Crippen molar-refractivity contribution in [1.29, 1.82) is 0 Å². The molecular weight excluding hydrogens is 280 g/mol. The van der Waals surface area contributed by atoms with Gasteiger partial charge in [0.25, 0.3) is 0 Å². The van der Waals surface area contributed by atoms with Crippen molar-refractivity contribution in [3.8, 4) is 5.75 Å². The van der Waals surface area contributed by atoms with Crippen molar-refractivity contribution in [2.24, 2.45) is 0 Å². The fraction of sp³-hybridized carbons (Fsp3) is 0.462. The van der Waals surface area contributed by atoms with E-state index in [2.05, 4.69) is 5.32 Å². The van der Waals surface area contributed by atoms with Gasteiger partial charge in [0.2, 0.25) is 0 Å². The highest BCUT2D eigenvalue weighted by atomic mass is 16.6. The van der Waals surface area contributed by atoms with E-state index in [4.69, 9.17) is 14.6 Å². The van der Waals surface area contributed by atoms with Gasteiger partial charge in [-0.15, -0.1) is 0 Å². The number of rotatable bonds is 9. The molecule has 0 aliphatic carbocycles. The Morgan fingerprint density at radius 1 is 1.52 bits per heavy atom. The summed E-state index contributed by atoms with van der Waals surface area (Å²) in [6, 6.07) is 3.38. The highest BCUT2D eigenvalue weighted by Crippen LogP contribution is 2.35. The fourth-order valence-electron chi connectivity index (χ4n) is 1.68. The maximum absolute atomic E-state index is 11.2. The Labute approximate surface area is 121 Å². The van der Waals surface area contributed by atoms with Crippen LogP contribution < -0.4 is 10.1 Å². The van der Waals surface area contributed by atoms with Gasteiger partial charge in [-0.1, -0.05) is 13.0 Å². The normalized spacial score (nSPS) is 11.7. The summed E-state index contributed by atoms with van der Waals surface area (Å²) in [4.78, 5) is 21.7. The summed E-state index contributed by atoms with van der Waals surface area (Å²) in [5.41, 5.74) is -0.202. The van der Waals surface area contributed by atoms with E-state index < -0.39 is 16.9 Å². The van der Waals surface area contributed by atoms with Crippen molar-refractivity contribution in [2.45, 2.75) is 19.4 Å². The molecule has 0 radical (unpaired) electrons. The molecule has 0 saturated heterocycles. The average molecular weight is 298 g/mol. The lowest BCUT2D eigenvalue weighted by Crippen LogP contribution is -2.33. The molecule has 8 nitrogen and oxygen atoms in total. The number of carbonyl (C=O) groups is 1. The minimum atomic E-state index is -1.16. The molecule has 0 aromatic heterocycles. The van der Waals surface area contributed by atoms with Crippen molar-refractivity contribution in [2.75, 3.05) is 25.6 Å². The molecule has 0 spiro atoms. The number of nitro groups is 1. The van der Waals surface area contributed by atoms with Crippen LogP contribution in [0.15, 0.2) is 18.2 Å². The molecule has 116 valence electrons. The monoisotopic (exact) mass is 298 g/mol. The van der Waals surface area contributed by atoms with Crippen LogP contribution in [0.25, 0.3) is 0 Å². The molecule has 1 aromatic rings. The zero-order chi connectivity index (χ0) is 15.8. The van der Waals surface area contributed by atoms with Crippen LogP contribution >= 0.6 is 0 Å². The summed E-state index contributed by atoms with van der Waals surface area (Å²) in [7, 11) is 1.35. The van der Waals surface area contributed by atoms with E-state index >= 15 is 0 Å². The van der Waals surface area contributed by atoms with Gasteiger partial charge in [-0.3, -0.25) is 10.1 Å². The molecule has 0 aliphatic rings. The number of nitrogens with one attached hydrogen (secondary N) is 1. The molecule has 1 unspecified atom stereocenters. The van der Waals surface area contributed by atoms with Crippen molar-refractivity contribution in [1.82, 2.24) is 0 Å². The minimum Gasteiger partial charge on any atom is -0.487 e. The summed E-state index contributed by atoms with van der Waals surface area (Å²) < 4.78 is 10.1. The number of aliphatic carboxylic acids is 1. The number of nitrogens with zero attached hydrogens (tertiary/aromatic N) is 1. The number of hydrogen-bond acceptors (Lipinski definition) is 6. The second kappa shape index (κ2) is 8.05. The van der Waals surface area contributed by atoms with Crippen LogP contribution in [-0.4, -0.2) is 42.4 Å². The number of ether oxygens (including phenoxy) is 2. The summed E-state index contributed by atoms with van der Waals surface area (Å²) in [5.74, 6) is -1.06. The summed E-state index contributed by atoms with van der Waals surface area (Å²) in [6.07, 6.45) is 0.705. The molecule has 0 fully saturated rings. The Morgan fingerprint density at radius 3 is 2.76 bits per heavy atom. The smallest absolute Gasteiger partial charge is 0.333 e. The molecular formula is C13H18N2O6. The number of nitro benzene ring substituents is 1. The number of carboxylic acid groups (broad SMARTS) is 1. The topological polar surface area (TPSA) is 111 Å². The maximum Gasteiger partial charge on any atom is 0.333 e. The predicted octanol–water partition coefficient (Wildman–Crippen LogP) is 1.90. The Balaban J connectivity index is 3.10. The van der Waals surface area contributed by atoms with Crippen LogP contribution in [0.2, 0.25) is 0 Å². The van der Waals surface area contributed by atoms with Crippen LogP contribution in [0.5, 0.6) is 5.75 Å². The van der Waals surface area contributed by atoms with Gasteiger partial charge in [-0.05, 0) is 18.6 Å². The molecule has 21 heavy (non-hydrogen) atoms. The van der Waals surface area contributed by atoms with E-state index in [9.17, 15) is 14.9 Å². The first-order valence-corrected chi connectivity index (χ1v) is 6.39. The summed E-state index contributed by atoms with van der Waals surface area (Å²) in [6.45, 7) is 2.10. The van der Waals surface area contributed by atoms with Crippen LogP contribution in [0.1, 0.15) is 13.3 Å². The van der Waals surface area contributed by atoms with Crippen molar-refractivity contribution in [3.05, 3.63) is 28.3 Å². The molecule has 0 amide bonds. The van der Waals surface area contributed by atoms with Crippen LogP contribution in [-0.2, 0) is 9.53 Å². The largest absolute Gasteiger partial charge is 0.487 e. The van der Waals surface area contributed by atoms with Crippen molar-refractivity contribution >= 4 is 17.3 Å². The lowest BCUT2D eigenvalue weighted by molar-refractivity contribution is -0.385. The van der Waals surface area contributed by atoms with Gasteiger partial charge < -0.3 is 19.9 Å². The van der Waals surface area contributed by atoms with Gasteiger partial charge in [-0.2, -0.15) is 0 Å². The molecule has 1 atom stereocenters. The van der Waals surface area contributed by atoms with Gasteiger partial charge >= 0.3 is 11.7 Å². The van der Waals surface area contributed by atoms with Crippen molar-refractivity contribution in [3.63, 3.8) is 0 Å². The molecule has 1 rings (SSSR count). The molecule has 0 aliphatic heterocycles. The molecule has 0 bridgehead atoms. The third-order valence-electron chi connectivity index (χ3n) is 2.60. The SMILES string of the molecule is CCCOc1cccc(NC(COC)C(=O)O)c1[N+](=O)[O-]. The zero-order valence-corrected chi connectivity index (χ0v) is 11.9. The predicted molar refractivity (Wildman–Crippen MR) is 75.8 cm³/mol. The van der Waals surface area contributed by atoms with Crippen LogP contribution in [0, 0.1) is 10.1 Å². The van der Waals surface area contributed by atoms with Gasteiger partial charge in [0.15, 0.2) is 5.75 Å². The lowest BCUT2D eigenvalue weighted by Gasteiger charge is -2.16. The third kappa shape index (κ3) is 4.60. The number of carboxylic acids is 1. The van der Waals surface area contributed by atoms with Crippen molar-refractivity contribution < 1.29 is 24.3 Å². The first-order chi connectivity index (χ1) is 10.0. The highest BCUT2D eigenvalue weighted by molar-refractivity contribution is 5.80.